The van der Waals surface area contributed by atoms with Crippen molar-refractivity contribution in [2.24, 2.45) is 0 Å². The average Bonchev–Trinajstić information content (AvgIpc) is 3.07. The molecule has 1 saturated heterocycles. The van der Waals surface area contributed by atoms with Crippen molar-refractivity contribution in [2.75, 3.05) is 31.3 Å². The lowest BCUT2D eigenvalue weighted by atomic mass is 10.2. The summed E-state index contributed by atoms with van der Waals surface area (Å²) in [6.45, 7) is 1.26. The fourth-order valence-corrected chi connectivity index (χ4v) is 3.33. The highest BCUT2D eigenvalue weighted by molar-refractivity contribution is 6.30. The molecular weight excluding hydrogens is 384 g/mol. The molecule has 2 aromatic rings. The van der Waals surface area contributed by atoms with Crippen molar-refractivity contribution in [2.45, 2.75) is 12.5 Å². The van der Waals surface area contributed by atoms with Gasteiger partial charge in [-0.15, -0.1) is 0 Å². The van der Waals surface area contributed by atoms with E-state index in [-0.39, 0.29) is 30.9 Å². The van der Waals surface area contributed by atoms with E-state index in [0.717, 1.165) is 5.69 Å². The normalized spacial score (nSPS) is 18.1. The first kappa shape index (κ1) is 18.4. The Morgan fingerprint density at radius 1 is 1.14 bits per heavy atom. The number of amides is 2. The van der Waals surface area contributed by atoms with Gasteiger partial charge in [-0.2, -0.15) is 0 Å². The zero-order valence-electron chi connectivity index (χ0n) is 15.0. The molecule has 1 atom stereocenters. The molecule has 2 heterocycles. The van der Waals surface area contributed by atoms with Crippen LogP contribution < -0.4 is 24.4 Å². The number of fused-ring (bicyclic) bond motifs is 1. The van der Waals surface area contributed by atoms with E-state index in [9.17, 15) is 9.59 Å². The van der Waals surface area contributed by atoms with Gasteiger partial charge in [0.25, 0.3) is 5.91 Å². The van der Waals surface area contributed by atoms with Gasteiger partial charge in [-0.3, -0.25) is 9.59 Å². The molecule has 0 aliphatic carbocycles. The quantitative estimate of drug-likeness (QED) is 0.831. The number of anilines is 1. The molecule has 1 N–H and O–H groups in total. The van der Waals surface area contributed by atoms with Crippen LogP contribution in [-0.2, 0) is 9.59 Å². The second-order valence-electron chi connectivity index (χ2n) is 6.54. The Kier molecular flexibility index (Phi) is 5.25. The lowest BCUT2D eigenvalue weighted by molar-refractivity contribution is -0.123. The molecule has 0 radical (unpaired) electrons. The van der Waals surface area contributed by atoms with Crippen molar-refractivity contribution in [1.29, 1.82) is 0 Å². The highest BCUT2D eigenvalue weighted by atomic mass is 35.5. The molecule has 2 aromatic carbocycles. The molecule has 0 saturated carbocycles. The summed E-state index contributed by atoms with van der Waals surface area (Å²) in [6.07, 6.45) is 0.237. The summed E-state index contributed by atoms with van der Waals surface area (Å²) in [6, 6.07) is 11.9. The van der Waals surface area contributed by atoms with Crippen LogP contribution in [0.15, 0.2) is 42.5 Å². The van der Waals surface area contributed by atoms with Gasteiger partial charge in [-0.25, -0.2) is 0 Å². The van der Waals surface area contributed by atoms with E-state index in [1.165, 1.54) is 0 Å². The van der Waals surface area contributed by atoms with Gasteiger partial charge in [0, 0.05) is 29.7 Å². The van der Waals surface area contributed by atoms with Crippen LogP contribution in [0.25, 0.3) is 0 Å². The van der Waals surface area contributed by atoms with E-state index in [2.05, 4.69) is 5.32 Å². The van der Waals surface area contributed by atoms with Gasteiger partial charge in [0.1, 0.15) is 19.0 Å². The van der Waals surface area contributed by atoms with Gasteiger partial charge in [0.05, 0.1) is 6.04 Å². The highest BCUT2D eigenvalue weighted by Gasteiger charge is 2.32. The fraction of sp³-hybridized carbons (Fsp3) is 0.300. The van der Waals surface area contributed by atoms with Crippen LogP contribution in [0.2, 0.25) is 5.02 Å². The first-order chi connectivity index (χ1) is 13.6. The van der Waals surface area contributed by atoms with Crippen molar-refractivity contribution >= 4 is 29.1 Å². The summed E-state index contributed by atoms with van der Waals surface area (Å²) in [5.41, 5.74) is 0.725. The van der Waals surface area contributed by atoms with Crippen molar-refractivity contribution in [3.8, 4) is 17.2 Å². The molecule has 4 rings (SSSR count). The Morgan fingerprint density at radius 3 is 2.68 bits per heavy atom. The summed E-state index contributed by atoms with van der Waals surface area (Å²) < 4.78 is 16.5. The minimum atomic E-state index is -0.281. The van der Waals surface area contributed by atoms with Gasteiger partial charge < -0.3 is 24.4 Å². The number of rotatable bonds is 5. The number of halogens is 1. The molecule has 2 aliphatic rings. The van der Waals surface area contributed by atoms with Crippen LogP contribution in [0.3, 0.4) is 0 Å². The lowest BCUT2D eigenvalue weighted by Crippen LogP contribution is -2.39. The number of nitrogens with zero attached hydrogens (tertiary/aromatic N) is 1. The molecule has 146 valence electrons. The monoisotopic (exact) mass is 402 g/mol. The van der Waals surface area contributed by atoms with Crippen LogP contribution in [-0.4, -0.2) is 44.2 Å². The number of ether oxygens (including phenoxy) is 3. The number of hydrogen-bond acceptors (Lipinski definition) is 5. The van der Waals surface area contributed by atoms with Gasteiger partial charge >= 0.3 is 0 Å². The summed E-state index contributed by atoms with van der Waals surface area (Å²) in [7, 11) is 0. The molecule has 2 aliphatic heterocycles. The topological polar surface area (TPSA) is 77.1 Å². The Morgan fingerprint density at radius 2 is 1.89 bits per heavy atom. The van der Waals surface area contributed by atoms with Crippen LogP contribution >= 0.6 is 11.6 Å². The number of carbonyl (C=O) groups is 2. The summed E-state index contributed by atoms with van der Waals surface area (Å²) in [5.74, 6) is 1.52. The SMILES string of the molecule is O=C(COc1ccc(Cl)cc1)N[C@H]1CC(=O)N(c2ccc3c(c2)OCCO3)C1. The number of hydrogen-bond donors (Lipinski definition) is 1. The van der Waals surface area contributed by atoms with Gasteiger partial charge in [-0.1, -0.05) is 11.6 Å². The molecule has 1 fully saturated rings. The van der Waals surface area contributed by atoms with E-state index >= 15 is 0 Å². The van der Waals surface area contributed by atoms with E-state index in [0.29, 0.717) is 42.0 Å². The van der Waals surface area contributed by atoms with E-state index in [1.807, 2.05) is 6.07 Å². The fourth-order valence-electron chi connectivity index (χ4n) is 3.20. The summed E-state index contributed by atoms with van der Waals surface area (Å²) >= 11 is 5.82. The minimum absolute atomic E-state index is 0.0550. The molecule has 2 amide bonds. The molecular formula is C20H19ClN2O5. The largest absolute Gasteiger partial charge is 0.486 e. The summed E-state index contributed by atoms with van der Waals surface area (Å²) in [5, 5.41) is 3.44. The molecule has 0 spiro atoms. The van der Waals surface area contributed by atoms with Gasteiger partial charge in [-0.05, 0) is 36.4 Å². The van der Waals surface area contributed by atoms with Crippen molar-refractivity contribution in [3.05, 3.63) is 47.5 Å². The predicted octanol–water partition coefficient (Wildman–Crippen LogP) is 2.41. The van der Waals surface area contributed by atoms with Crippen LogP contribution in [0, 0.1) is 0 Å². The van der Waals surface area contributed by atoms with Crippen molar-refractivity contribution < 1.29 is 23.8 Å². The minimum Gasteiger partial charge on any atom is -0.486 e. The van der Waals surface area contributed by atoms with Gasteiger partial charge in [0.2, 0.25) is 5.91 Å². The number of carbonyl (C=O) groups excluding carboxylic acids is 2. The second kappa shape index (κ2) is 7.98. The second-order valence-corrected chi connectivity index (χ2v) is 6.98. The van der Waals surface area contributed by atoms with Crippen molar-refractivity contribution in [3.63, 3.8) is 0 Å². The smallest absolute Gasteiger partial charge is 0.258 e. The van der Waals surface area contributed by atoms with Crippen LogP contribution in [0.4, 0.5) is 5.69 Å². The zero-order valence-corrected chi connectivity index (χ0v) is 15.8. The first-order valence-corrected chi connectivity index (χ1v) is 9.34. The third kappa shape index (κ3) is 4.14. The van der Waals surface area contributed by atoms with Crippen LogP contribution in [0.5, 0.6) is 17.2 Å². The number of nitrogens with one attached hydrogen (secondary N) is 1. The van der Waals surface area contributed by atoms with Crippen molar-refractivity contribution in [1.82, 2.24) is 5.32 Å². The molecule has 28 heavy (non-hydrogen) atoms. The maximum absolute atomic E-state index is 12.4. The zero-order chi connectivity index (χ0) is 19.5. The predicted molar refractivity (Wildman–Crippen MR) is 103 cm³/mol. The Bertz CT molecular complexity index is 887. The highest BCUT2D eigenvalue weighted by Crippen LogP contribution is 2.35. The Hall–Kier alpha value is -2.93. The third-order valence-corrected chi connectivity index (χ3v) is 4.76. The third-order valence-electron chi connectivity index (χ3n) is 4.51. The maximum Gasteiger partial charge on any atom is 0.258 e. The molecule has 0 aromatic heterocycles. The standard InChI is InChI=1S/C20H19ClN2O5/c21-13-1-4-16(5-2-13)28-12-19(24)22-14-9-20(25)23(11-14)15-3-6-17-18(10-15)27-8-7-26-17/h1-6,10,14H,7-9,11-12H2,(H,22,24)/t14-/m0/s1. The summed E-state index contributed by atoms with van der Waals surface area (Å²) in [4.78, 5) is 26.2. The van der Waals surface area contributed by atoms with Crippen LogP contribution in [0.1, 0.15) is 6.42 Å². The molecule has 0 unspecified atom stereocenters. The first-order valence-electron chi connectivity index (χ1n) is 8.96. The van der Waals surface area contributed by atoms with E-state index in [4.69, 9.17) is 25.8 Å². The molecule has 7 nitrogen and oxygen atoms in total. The average molecular weight is 403 g/mol. The lowest BCUT2D eigenvalue weighted by Gasteiger charge is -2.22. The molecule has 0 bridgehead atoms. The molecule has 8 heteroatoms. The van der Waals surface area contributed by atoms with E-state index < -0.39 is 0 Å². The Balaban J connectivity index is 1.33. The van der Waals surface area contributed by atoms with Gasteiger partial charge in [0.15, 0.2) is 18.1 Å². The van der Waals surface area contributed by atoms with E-state index in [1.54, 1.807) is 41.3 Å². The number of benzene rings is 2. The Labute approximate surface area is 167 Å². The maximum atomic E-state index is 12.4.